The first kappa shape index (κ1) is 36.4. The summed E-state index contributed by atoms with van der Waals surface area (Å²) in [6.07, 6.45) is 0. The third kappa shape index (κ3) is 5.16. The van der Waals surface area contributed by atoms with Crippen LogP contribution >= 0.6 is 0 Å². The van der Waals surface area contributed by atoms with E-state index in [-0.39, 0.29) is 10.8 Å². The molecule has 10 aromatic rings. The number of fused-ring (bicyclic) bond motifs is 9. The van der Waals surface area contributed by atoms with Gasteiger partial charge < -0.3 is 9.47 Å². The molecule has 0 spiro atoms. The van der Waals surface area contributed by atoms with Crippen LogP contribution in [0.15, 0.2) is 206 Å². The monoisotopic (exact) mass is 794 g/mol. The molecule has 0 aliphatic heterocycles. The summed E-state index contributed by atoms with van der Waals surface area (Å²) in [5, 5.41) is 2.49. The smallest absolute Gasteiger partial charge is 0.0547 e. The minimum Gasteiger partial charge on any atom is -0.309 e. The Labute approximate surface area is 364 Å². The highest BCUT2D eigenvalue weighted by Crippen LogP contribution is 2.56. The van der Waals surface area contributed by atoms with Crippen molar-refractivity contribution in [1.29, 1.82) is 0 Å². The highest BCUT2D eigenvalue weighted by molar-refractivity contribution is 6.17. The summed E-state index contributed by atoms with van der Waals surface area (Å²) in [4.78, 5) is 2.55. The first-order valence-electron chi connectivity index (χ1n) is 21.9. The average Bonchev–Trinajstić information content (AvgIpc) is 3.87. The molecule has 0 bridgehead atoms. The SMILES string of the molecule is CC1(C)c2ccccc2-c2c(-c3cccc(N(c4ccccc4-c4cccc5c4c4ccccc4n5-c4ccccc4)c4cccc5c4-c4ccccc4C5(C)C)c3)cccc21. The van der Waals surface area contributed by atoms with Crippen molar-refractivity contribution >= 4 is 38.9 Å². The number of hydrogen-bond donors (Lipinski definition) is 0. The number of rotatable bonds is 6. The standard InChI is InChI=1S/C60H46N2/c1-59(2)48-30-12-8-25-45(48)56-42(28-17-32-50(56)59)39-20-16-23-41(38-39)62(55-37-19-33-51-58(55)46-26-9-13-31-49(46)60(51,3)4)52-34-14-10-24-43(52)44-29-18-36-54-57(44)47-27-11-15-35-53(47)61(54)40-21-6-5-7-22-40/h5-38H,1-4H3. The Morgan fingerprint density at radius 2 is 0.887 bits per heavy atom. The molecule has 0 atom stereocenters. The molecule has 296 valence electrons. The predicted molar refractivity (Wildman–Crippen MR) is 261 cm³/mol. The molecule has 1 heterocycles. The molecule has 0 amide bonds. The van der Waals surface area contributed by atoms with Crippen LogP contribution in [0.3, 0.4) is 0 Å². The molecule has 9 aromatic carbocycles. The van der Waals surface area contributed by atoms with Crippen molar-refractivity contribution < 1.29 is 0 Å². The molecule has 62 heavy (non-hydrogen) atoms. The molecule has 2 aliphatic carbocycles. The summed E-state index contributed by atoms with van der Waals surface area (Å²) in [7, 11) is 0. The molecule has 2 aliphatic rings. The Morgan fingerprint density at radius 1 is 0.371 bits per heavy atom. The predicted octanol–water partition coefficient (Wildman–Crippen LogP) is 16.2. The second-order valence-electron chi connectivity index (χ2n) is 18.1. The lowest BCUT2D eigenvalue weighted by Crippen LogP contribution is -2.16. The van der Waals surface area contributed by atoms with Gasteiger partial charge in [-0.3, -0.25) is 0 Å². The van der Waals surface area contributed by atoms with E-state index in [0.29, 0.717) is 0 Å². The molecule has 0 radical (unpaired) electrons. The van der Waals surface area contributed by atoms with E-state index < -0.39 is 0 Å². The molecule has 2 heteroatoms. The van der Waals surface area contributed by atoms with Crippen LogP contribution in [0, 0.1) is 0 Å². The Balaban J connectivity index is 1.14. The summed E-state index contributed by atoms with van der Waals surface area (Å²) in [6.45, 7) is 9.48. The lowest BCUT2D eigenvalue weighted by atomic mass is 9.82. The number of nitrogens with zero attached hydrogens (tertiary/aromatic N) is 2. The van der Waals surface area contributed by atoms with Crippen LogP contribution in [0.25, 0.3) is 72.0 Å². The molecular formula is C60H46N2. The highest BCUT2D eigenvalue weighted by atomic mass is 15.1. The first-order valence-corrected chi connectivity index (χ1v) is 21.9. The fraction of sp³-hybridized carbons (Fsp3) is 0.100. The fourth-order valence-corrected chi connectivity index (χ4v) is 11.1. The lowest BCUT2D eigenvalue weighted by Gasteiger charge is -2.31. The number of hydrogen-bond acceptors (Lipinski definition) is 1. The molecule has 12 rings (SSSR count). The Hall–Kier alpha value is -7.42. The Kier molecular flexibility index (Phi) is 7.96. The Morgan fingerprint density at radius 3 is 1.66 bits per heavy atom. The van der Waals surface area contributed by atoms with Crippen molar-refractivity contribution in [2.45, 2.75) is 38.5 Å². The lowest BCUT2D eigenvalue weighted by molar-refractivity contribution is 0.660. The highest BCUT2D eigenvalue weighted by Gasteiger charge is 2.39. The molecular weight excluding hydrogens is 749 g/mol. The maximum absolute atomic E-state index is 2.55. The summed E-state index contributed by atoms with van der Waals surface area (Å²) >= 11 is 0. The van der Waals surface area contributed by atoms with Crippen LogP contribution in [0.1, 0.15) is 49.9 Å². The summed E-state index contributed by atoms with van der Waals surface area (Å²) in [5.74, 6) is 0. The van der Waals surface area contributed by atoms with Crippen molar-refractivity contribution in [2.24, 2.45) is 0 Å². The first-order chi connectivity index (χ1) is 30.3. The number of anilines is 3. The second-order valence-corrected chi connectivity index (χ2v) is 18.1. The molecule has 0 saturated carbocycles. The largest absolute Gasteiger partial charge is 0.309 e. The molecule has 0 unspecified atom stereocenters. The van der Waals surface area contributed by atoms with Crippen LogP contribution in [0.2, 0.25) is 0 Å². The molecule has 0 fully saturated rings. The van der Waals surface area contributed by atoms with Crippen molar-refractivity contribution in [3.05, 3.63) is 229 Å². The van der Waals surface area contributed by atoms with E-state index in [1.165, 1.54) is 94.3 Å². The van der Waals surface area contributed by atoms with Gasteiger partial charge in [0.15, 0.2) is 0 Å². The van der Waals surface area contributed by atoms with Crippen LogP contribution in [-0.2, 0) is 10.8 Å². The van der Waals surface area contributed by atoms with Gasteiger partial charge in [0, 0.05) is 44.1 Å². The maximum atomic E-state index is 2.55. The van der Waals surface area contributed by atoms with Gasteiger partial charge in [0.05, 0.1) is 22.4 Å². The zero-order valence-electron chi connectivity index (χ0n) is 35.5. The quantitative estimate of drug-likeness (QED) is 0.163. The van der Waals surface area contributed by atoms with Gasteiger partial charge in [-0.2, -0.15) is 0 Å². The Bertz CT molecular complexity index is 3420. The molecule has 1 aromatic heterocycles. The van der Waals surface area contributed by atoms with E-state index in [2.05, 4.69) is 243 Å². The van der Waals surface area contributed by atoms with Crippen LogP contribution in [0.5, 0.6) is 0 Å². The zero-order valence-corrected chi connectivity index (χ0v) is 35.5. The molecule has 0 N–H and O–H groups in total. The minimum atomic E-state index is -0.148. The van der Waals surface area contributed by atoms with E-state index >= 15 is 0 Å². The van der Waals surface area contributed by atoms with E-state index in [9.17, 15) is 0 Å². The van der Waals surface area contributed by atoms with Crippen molar-refractivity contribution in [2.75, 3.05) is 4.90 Å². The van der Waals surface area contributed by atoms with E-state index in [4.69, 9.17) is 0 Å². The normalized spacial score (nSPS) is 14.1. The van der Waals surface area contributed by atoms with Gasteiger partial charge in [0.25, 0.3) is 0 Å². The second kappa shape index (κ2) is 13.5. The number of para-hydroxylation sites is 3. The van der Waals surface area contributed by atoms with Gasteiger partial charge in [-0.15, -0.1) is 0 Å². The van der Waals surface area contributed by atoms with Gasteiger partial charge in [-0.1, -0.05) is 185 Å². The maximum Gasteiger partial charge on any atom is 0.0547 e. The summed E-state index contributed by atoms with van der Waals surface area (Å²) < 4.78 is 2.42. The zero-order chi connectivity index (χ0) is 41.7. The van der Waals surface area contributed by atoms with Crippen LogP contribution < -0.4 is 4.90 Å². The molecule has 2 nitrogen and oxygen atoms in total. The summed E-state index contributed by atoms with van der Waals surface area (Å²) in [6, 6.07) is 76.6. The third-order valence-corrected chi connectivity index (χ3v) is 14.0. The van der Waals surface area contributed by atoms with Crippen molar-refractivity contribution in [3.8, 4) is 50.2 Å². The van der Waals surface area contributed by atoms with E-state index in [1.807, 2.05) is 0 Å². The van der Waals surface area contributed by atoms with Crippen LogP contribution in [0.4, 0.5) is 17.1 Å². The number of benzene rings is 9. The third-order valence-electron chi connectivity index (χ3n) is 14.0. The van der Waals surface area contributed by atoms with Gasteiger partial charge in [0.1, 0.15) is 0 Å². The molecule has 0 saturated heterocycles. The van der Waals surface area contributed by atoms with Gasteiger partial charge in [-0.05, 0) is 104 Å². The van der Waals surface area contributed by atoms with Gasteiger partial charge >= 0.3 is 0 Å². The number of aromatic nitrogens is 1. The van der Waals surface area contributed by atoms with E-state index in [0.717, 1.165) is 17.1 Å². The van der Waals surface area contributed by atoms with Crippen LogP contribution in [-0.4, -0.2) is 4.57 Å². The topological polar surface area (TPSA) is 8.17 Å². The summed E-state index contributed by atoms with van der Waals surface area (Å²) in [5.41, 5.74) is 22.3. The van der Waals surface area contributed by atoms with Crippen molar-refractivity contribution in [3.63, 3.8) is 0 Å². The average molecular weight is 795 g/mol. The van der Waals surface area contributed by atoms with Crippen molar-refractivity contribution in [1.82, 2.24) is 4.57 Å². The van der Waals surface area contributed by atoms with Gasteiger partial charge in [-0.25, -0.2) is 0 Å². The minimum absolute atomic E-state index is 0.0834. The van der Waals surface area contributed by atoms with E-state index in [1.54, 1.807) is 0 Å². The fourth-order valence-electron chi connectivity index (χ4n) is 11.1. The van der Waals surface area contributed by atoms with Gasteiger partial charge in [0.2, 0.25) is 0 Å².